The standard InChI is InChI=1S/C13H21N2O3/c1-12-8-4-5-9-13(12,16)15(18)11-7-3-2-6-10(11)14(12)17/h16,18H,2-9H2,1H3/q+1/t12-,13+/m1/s1. The lowest BCUT2D eigenvalue weighted by atomic mass is 9.73. The van der Waals surface area contributed by atoms with Crippen molar-refractivity contribution in [3.63, 3.8) is 0 Å². The summed E-state index contributed by atoms with van der Waals surface area (Å²) in [6.45, 7) is 1.78. The highest BCUT2D eigenvalue weighted by molar-refractivity contribution is 6.38. The maximum atomic E-state index is 12.6. The van der Waals surface area contributed by atoms with Gasteiger partial charge in [0.25, 0.3) is 17.0 Å². The summed E-state index contributed by atoms with van der Waals surface area (Å²) in [6.07, 6.45) is 6.20. The van der Waals surface area contributed by atoms with Crippen molar-refractivity contribution in [2.45, 2.75) is 69.6 Å². The fraction of sp³-hybridized carbons (Fsp3) is 0.846. The molecule has 0 aromatic rings. The third kappa shape index (κ3) is 1.25. The fourth-order valence-electron chi connectivity index (χ4n) is 3.75. The summed E-state index contributed by atoms with van der Waals surface area (Å²) in [4.78, 5) is 0. The zero-order valence-electron chi connectivity index (χ0n) is 10.9. The van der Waals surface area contributed by atoms with E-state index >= 15 is 0 Å². The first-order valence-corrected chi connectivity index (χ1v) is 6.91. The zero-order chi connectivity index (χ0) is 13.0. The Balaban J connectivity index is 2.19. The van der Waals surface area contributed by atoms with Crippen LogP contribution in [-0.4, -0.2) is 42.5 Å². The predicted octanol–water partition coefficient (Wildman–Crippen LogP) is 1.39. The third-order valence-corrected chi connectivity index (χ3v) is 5.01. The van der Waals surface area contributed by atoms with Crippen LogP contribution in [0.5, 0.6) is 0 Å². The first kappa shape index (κ1) is 12.0. The lowest BCUT2D eigenvalue weighted by Gasteiger charge is -2.43. The molecule has 3 aliphatic rings. The summed E-state index contributed by atoms with van der Waals surface area (Å²) in [5.41, 5.74) is -1.03. The van der Waals surface area contributed by atoms with Crippen LogP contribution in [-0.2, 0) is 0 Å². The molecule has 3 rings (SSSR count). The first-order chi connectivity index (χ1) is 8.51. The maximum absolute atomic E-state index is 12.6. The molecular weight excluding hydrogens is 232 g/mol. The highest BCUT2D eigenvalue weighted by Gasteiger charge is 2.69. The minimum absolute atomic E-state index is 0.454. The molecule has 18 heavy (non-hydrogen) atoms. The van der Waals surface area contributed by atoms with E-state index in [1.54, 1.807) is 6.92 Å². The number of rotatable bonds is 0. The number of hydroxylamine groups is 2. The van der Waals surface area contributed by atoms with Crippen LogP contribution >= 0.6 is 0 Å². The minimum atomic E-state index is -1.43. The maximum Gasteiger partial charge on any atom is 0.377 e. The van der Waals surface area contributed by atoms with Gasteiger partial charge in [-0.2, -0.15) is 4.74 Å². The highest BCUT2D eigenvalue weighted by atomic mass is 16.5. The van der Waals surface area contributed by atoms with Gasteiger partial charge in [-0.15, -0.1) is 0 Å². The summed E-state index contributed by atoms with van der Waals surface area (Å²) < 4.78 is 2.03. The van der Waals surface area contributed by atoms with Crippen molar-refractivity contribution >= 4 is 11.4 Å². The first-order valence-electron chi connectivity index (χ1n) is 6.91. The molecule has 2 aliphatic carbocycles. The molecule has 0 spiro atoms. The Bertz CT molecular complexity index is 415. The monoisotopic (exact) mass is 253 g/mol. The zero-order valence-corrected chi connectivity index (χ0v) is 10.9. The molecule has 2 saturated carbocycles. The summed E-state index contributed by atoms with van der Waals surface area (Å²) in [5, 5.41) is 33.9. The lowest BCUT2D eigenvalue weighted by Crippen LogP contribution is -2.70. The molecule has 0 aromatic heterocycles. The van der Waals surface area contributed by atoms with Crippen molar-refractivity contribution in [3.05, 3.63) is 5.21 Å². The molecule has 5 nitrogen and oxygen atoms in total. The van der Waals surface area contributed by atoms with E-state index in [0.717, 1.165) is 35.2 Å². The SMILES string of the molecule is C[C@@]12CCCC[C@@]1(O)[N+](O)=C1CCCCC1=[N+]2[O-]. The summed E-state index contributed by atoms with van der Waals surface area (Å²) in [7, 11) is 0. The van der Waals surface area contributed by atoms with E-state index in [1.165, 1.54) is 0 Å². The van der Waals surface area contributed by atoms with Gasteiger partial charge in [0.15, 0.2) is 0 Å². The quantitative estimate of drug-likeness (QED) is 0.389. The average molecular weight is 253 g/mol. The van der Waals surface area contributed by atoms with Crippen molar-refractivity contribution < 1.29 is 19.8 Å². The lowest BCUT2D eigenvalue weighted by molar-refractivity contribution is -0.892. The van der Waals surface area contributed by atoms with E-state index in [1.807, 2.05) is 0 Å². The van der Waals surface area contributed by atoms with Gasteiger partial charge < -0.3 is 10.3 Å². The van der Waals surface area contributed by atoms with Crippen LogP contribution in [0.25, 0.3) is 0 Å². The number of hydrogen-bond acceptors (Lipinski definition) is 3. The van der Waals surface area contributed by atoms with Crippen LogP contribution in [0, 0.1) is 5.21 Å². The molecule has 0 saturated heterocycles. The molecule has 1 aliphatic heterocycles. The summed E-state index contributed by atoms with van der Waals surface area (Å²) in [5.74, 6) is 0. The molecule has 0 radical (unpaired) electrons. The molecule has 0 bridgehead atoms. The second-order valence-corrected chi connectivity index (χ2v) is 6.00. The summed E-state index contributed by atoms with van der Waals surface area (Å²) >= 11 is 0. The summed E-state index contributed by atoms with van der Waals surface area (Å²) in [6, 6.07) is 0. The van der Waals surface area contributed by atoms with Gasteiger partial charge in [0.1, 0.15) is 0 Å². The van der Waals surface area contributed by atoms with Gasteiger partial charge in [-0.3, -0.25) is 5.21 Å². The Labute approximate surface area is 107 Å². The van der Waals surface area contributed by atoms with E-state index < -0.39 is 11.3 Å². The van der Waals surface area contributed by atoms with Crippen LogP contribution in [0.15, 0.2) is 0 Å². The second kappa shape index (κ2) is 3.70. The van der Waals surface area contributed by atoms with Gasteiger partial charge >= 0.3 is 5.72 Å². The Hall–Kier alpha value is -1.10. The molecule has 100 valence electrons. The normalized spacial score (nSPS) is 40.6. The van der Waals surface area contributed by atoms with E-state index in [4.69, 9.17) is 0 Å². The smallest absolute Gasteiger partial charge is 0.377 e. The second-order valence-electron chi connectivity index (χ2n) is 6.00. The molecular formula is C13H21N2O3+. The number of hydrogen-bond donors (Lipinski definition) is 2. The van der Waals surface area contributed by atoms with Gasteiger partial charge in [0.2, 0.25) is 0 Å². The van der Waals surface area contributed by atoms with Crippen LogP contribution in [0.3, 0.4) is 0 Å². The molecule has 0 unspecified atom stereocenters. The van der Waals surface area contributed by atoms with Crippen molar-refractivity contribution in [2.75, 3.05) is 0 Å². The number of aliphatic hydroxyl groups is 1. The molecule has 5 heteroatoms. The van der Waals surface area contributed by atoms with Gasteiger partial charge in [-0.1, -0.05) is 0 Å². The van der Waals surface area contributed by atoms with Gasteiger partial charge in [0.05, 0.1) is 6.42 Å². The largest absolute Gasteiger partial charge is 0.623 e. The van der Waals surface area contributed by atoms with Crippen molar-refractivity contribution in [1.29, 1.82) is 0 Å². The van der Waals surface area contributed by atoms with Crippen LogP contribution in [0.1, 0.15) is 58.3 Å². The van der Waals surface area contributed by atoms with Crippen LogP contribution in [0.2, 0.25) is 0 Å². The van der Waals surface area contributed by atoms with Gasteiger partial charge in [-0.05, 0) is 25.7 Å². The highest BCUT2D eigenvalue weighted by Crippen LogP contribution is 2.42. The Kier molecular flexibility index (Phi) is 2.46. The number of fused-ring (bicyclic) bond motifs is 2. The predicted molar refractivity (Wildman–Crippen MR) is 66.0 cm³/mol. The Morgan fingerprint density at radius 3 is 2.39 bits per heavy atom. The van der Waals surface area contributed by atoms with Crippen LogP contribution < -0.4 is 0 Å². The molecule has 2 fully saturated rings. The van der Waals surface area contributed by atoms with E-state index in [2.05, 4.69) is 0 Å². The Morgan fingerprint density at radius 1 is 1.06 bits per heavy atom. The topological polar surface area (TPSA) is 69.5 Å². The Morgan fingerprint density at radius 2 is 1.67 bits per heavy atom. The van der Waals surface area contributed by atoms with E-state index in [9.17, 15) is 15.5 Å². The van der Waals surface area contributed by atoms with E-state index in [-0.39, 0.29) is 0 Å². The molecule has 2 atom stereocenters. The molecule has 1 heterocycles. The minimum Gasteiger partial charge on any atom is -0.623 e. The van der Waals surface area contributed by atoms with Gasteiger partial charge in [0, 0.05) is 30.9 Å². The average Bonchev–Trinajstić information content (AvgIpc) is 2.39. The molecule has 2 N–H and O–H groups in total. The number of nitrogens with zero attached hydrogens (tertiary/aromatic N) is 2. The van der Waals surface area contributed by atoms with Crippen molar-refractivity contribution in [1.82, 2.24) is 0 Å². The molecule has 0 aromatic carbocycles. The third-order valence-electron chi connectivity index (χ3n) is 5.01. The van der Waals surface area contributed by atoms with Crippen molar-refractivity contribution in [3.8, 4) is 0 Å². The fourth-order valence-corrected chi connectivity index (χ4v) is 3.75. The van der Waals surface area contributed by atoms with Gasteiger partial charge in [-0.25, -0.2) is 0 Å². The molecule has 0 amide bonds. The van der Waals surface area contributed by atoms with Crippen LogP contribution in [0.4, 0.5) is 0 Å². The van der Waals surface area contributed by atoms with Crippen molar-refractivity contribution in [2.24, 2.45) is 0 Å². The van der Waals surface area contributed by atoms with E-state index in [0.29, 0.717) is 37.1 Å².